The van der Waals surface area contributed by atoms with Crippen molar-refractivity contribution in [2.45, 2.75) is 24.2 Å². The van der Waals surface area contributed by atoms with Crippen LogP contribution in [0, 0.1) is 0 Å². The molecule has 4 N–H and O–H groups in total. The largest absolute Gasteiger partial charge is 0.374 e. The van der Waals surface area contributed by atoms with Gasteiger partial charge < -0.3 is 21.3 Å². The summed E-state index contributed by atoms with van der Waals surface area (Å²) in [5, 5.41) is 17.9. The summed E-state index contributed by atoms with van der Waals surface area (Å²) < 4.78 is 0. The van der Waals surface area contributed by atoms with Crippen molar-refractivity contribution in [3.8, 4) is 0 Å². The molecule has 268 valence electrons. The summed E-state index contributed by atoms with van der Waals surface area (Å²) in [5.74, 6) is 0. The fourth-order valence-corrected chi connectivity index (χ4v) is 8.73. The molecule has 0 aromatic heterocycles. The molecular formula is C52H40N4. The number of dihydropyridines is 1. The van der Waals surface area contributed by atoms with E-state index in [-0.39, 0.29) is 24.2 Å². The quantitative estimate of drug-likeness (QED) is 0.143. The Kier molecular flexibility index (Phi) is 7.73. The van der Waals surface area contributed by atoms with E-state index in [0.717, 1.165) is 22.8 Å². The van der Waals surface area contributed by atoms with Gasteiger partial charge in [0.05, 0.1) is 35.5 Å². The van der Waals surface area contributed by atoms with E-state index in [1.165, 1.54) is 66.4 Å². The highest BCUT2D eigenvalue weighted by molar-refractivity contribution is 5.97. The van der Waals surface area contributed by atoms with Gasteiger partial charge in [0.1, 0.15) is 0 Å². The highest BCUT2D eigenvalue weighted by Gasteiger charge is 2.25. The van der Waals surface area contributed by atoms with Crippen LogP contribution in [0.5, 0.6) is 0 Å². The third-order valence-corrected chi connectivity index (χ3v) is 11.8. The van der Waals surface area contributed by atoms with Gasteiger partial charge in [0, 0.05) is 11.4 Å². The lowest BCUT2D eigenvalue weighted by Gasteiger charge is -2.30. The van der Waals surface area contributed by atoms with E-state index in [1.807, 2.05) is 0 Å². The molecule has 0 fully saturated rings. The average molecular weight is 721 g/mol. The number of hydrogen-bond donors (Lipinski definition) is 4. The van der Waals surface area contributed by atoms with Crippen LogP contribution >= 0.6 is 0 Å². The summed E-state index contributed by atoms with van der Waals surface area (Å²) >= 11 is 0. The molecule has 1 aliphatic carbocycles. The van der Waals surface area contributed by atoms with Gasteiger partial charge in [-0.1, -0.05) is 182 Å². The van der Waals surface area contributed by atoms with Crippen molar-refractivity contribution in [3.63, 3.8) is 0 Å². The van der Waals surface area contributed by atoms with Crippen LogP contribution in [0.1, 0.15) is 62.6 Å². The second kappa shape index (κ2) is 13.4. The smallest absolute Gasteiger partial charge is 0.0707 e. The van der Waals surface area contributed by atoms with Crippen molar-refractivity contribution in [1.82, 2.24) is 5.32 Å². The number of anilines is 3. The Labute approximate surface area is 327 Å². The van der Waals surface area contributed by atoms with E-state index in [0.29, 0.717) is 0 Å². The SMILES string of the molecule is C1=CC2=CC=C(c3ccc4c(c3)NC(c3ccc(C5C=Cc6ccc7c(c6N5)NC(c5ccccc5)C=C7)cc3)C=C4)NC2C=C1c1cccc2ccccc12. The lowest BCUT2D eigenvalue weighted by molar-refractivity contribution is 0.815. The van der Waals surface area contributed by atoms with Gasteiger partial charge in [-0.05, 0) is 78.6 Å². The molecule has 0 saturated heterocycles. The number of hydrogen-bond acceptors (Lipinski definition) is 4. The Morgan fingerprint density at radius 1 is 0.429 bits per heavy atom. The van der Waals surface area contributed by atoms with Gasteiger partial charge >= 0.3 is 0 Å². The van der Waals surface area contributed by atoms with Crippen LogP contribution in [-0.2, 0) is 0 Å². The standard InChI is InChI=1S/C52H40N4/c1-2-8-34(9-3-1)46-29-25-39-19-20-40-26-30-47(56-52(40)51(39)55-46)36-15-13-35(14-16-36)45-27-23-38-18-22-42(32-50(38)53-45)48-28-24-37-17-21-41(31-49(37)54-48)44-12-6-10-33-7-4-5-11-43(33)44/h1-32,45-47,49,53-56H. The number of benzene rings is 6. The third kappa shape index (κ3) is 5.78. The summed E-state index contributed by atoms with van der Waals surface area (Å²) in [6.45, 7) is 0. The monoisotopic (exact) mass is 720 g/mol. The minimum Gasteiger partial charge on any atom is -0.374 e. The van der Waals surface area contributed by atoms with Crippen LogP contribution < -0.4 is 21.3 Å². The Morgan fingerprint density at radius 3 is 1.80 bits per heavy atom. The second-order valence-corrected chi connectivity index (χ2v) is 15.2. The number of fused-ring (bicyclic) bond motifs is 6. The molecule has 6 aromatic carbocycles. The predicted molar refractivity (Wildman–Crippen MR) is 236 cm³/mol. The summed E-state index contributed by atoms with van der Waals surface area (Å²) in [6.07, 6.45) is 24.8. The third-order valence-electron chi connectivity index (χ3n) is 11.8. The Balaban J connectivity index is 0.795. The zero-order chi connectivity index (χ0) is 37.0. The summed E-state index contributed by atoms with van der Waals surface area (Å²) in [7, 11) is 0. The van der Waals surface area contributed by atoms with Crippen molar-refractivity contribution >= 4 is 57.3 Å². The molecule has 0 bridgehead atoms. The first-order valence-corrected chi connectivity index (χ1v) is 19.6. The van der Waals surface area contributed by atoms with Gasteiger partial charge in [0.25, 0.3) is 0 Å². The van der Waals surface area contributed by atoms with E-state index in [4.69, 9.17) is 0 Å². The van der Waals surface area contributed by atoms with Crippen LogP contribution in [0.3, 0.4) is 0 Å². The topological polar surface area (TPSA) is 48.1 Å². The lowest BCUT2D eigenvalue weighted by atomic mass is 9.88. The molecule has 4 atom stereocenters. The fraction of sp³-hybridized carbons (Fsp3) is 0.0769. The molecule has 4 aliphatic heterocycles. The van der Waals surface area contributed by atoms with Gasteiger partial charge in [-0.15, -0.1) is 0 Å². The molecule has 5 aliphatic rings. The van der Waals surface area contributed by atoms with Gasteiger partial charge in [-0.25, -0.2) is 0 Å². The first kappa shape index (κ1) is 32.4. The van der Waals surface area contributed by atoms with Gasteiger partial charge in [-0.2, -0.15) is 0 Å². The fourth-order valence-electron chi connectivity index (χ4n) is 8.73. The first-order valence-electron chi connectivity index (χ1n) is 19.6. The van der Waals surface area contributed by atoms with Crippen molar-refractivity contribution in [2.24, 2.45) is 0 Å². The Hall–Kier alpha value is -7.04. The zero-order valence-corrected chi connectivity index (χ0v) is 30.8. The summed E-state index contributed by atoms with van der Waals surface area (Å²) in [4.78, 5) is 0. The maximum absolute atomic E-state index is 3.86. The van der Waals surface area contributed by atoms with Crippen LogP contribution in [0.15, 0.2) is 182 Å². The van der Waals surface area contributed by atoms with Gasteiger partial charge in [0.15, 0.2) is 0 Å². The van der Waals surface area contributed by atoms with Crippen LogP contribution in [0.2, 0.25) is 0 Å². The molecule has 0 radical (unpaired) electrons. The van der Waals surface area contributed by atoms with Gasteiger partial charge in [-0.3, -0.25) is 0 Å². The van der Waals surface area contributed by atoms with E-state index < -0.39 is 0 Å². The lowest BCUT2D eigenvalue weighted by Crippen LogP contribution is -2.31. The molecule has 4 nitrogen and oxygen atoms in total. The average Bonchev–Trinajstić information content (AvgIpc) is 3.28. The van der Waals surface area contributed by atoms with Crippen molar-refractivity contribution in [2.75, 3.05) is 16.0 Å². The molecule has 0 spiro atoms. The Morgan fingerprint density at radius 2 is 1.05 bits per heavy atom. The molecule has 4 unspecified atom stereocenters. The first-order chi connectivity index (χ1) is 27.7. The minimum atomic E-state index is 0.0764. The molecule has 0 amide bonds. The van der Waals surface area contributed by atoms with Crippen LogP contribution in [0.4, 0.5) is 17.1 Å². The second-order valence-electron chi connectivity index (χ2n) is 15.2. The van der Waals surface area contributed by atoms with Crippen molar-refractivity contribution < 1.29 is 0 Å². The number of nitrogens with one attached hydrogen (secondary N) is 4. The summed E-state index contributed by atoms with van der Waals surface area (Å²) in [6, 6.07) is 46.4. The predicted octanol–water partition coefficient (Wildman–Crippen LogP) is 12.3. The van der Waals surface area contributed by atoms with Crippen molar-refractivity contribution in [1.29, 1.82) is 0 Å². The molecule has 56 heavy (non-hydrogen) atoms. The van der Waals surface area contributed by atoms with Crippen LogP contribution in [-0.4, -0.2) is 6.04 Å². The Bertz CT molecular complexity index is 2760. The molecule has 4 heteroatoms. The molecule has 0 saturated carbocycles. The minimum absolute atomic E-state index is 0.0764. The molecule has 11 rings (SSSR count). The number of rotatable bonds is 5. The zero-order valence-electron chi connectivity index (χ0n) is 30.8. The van der Waals surface area contributed by atoms with E-state index in [9.17, 15) is 0 Å². The van der Waals surface area contributed by atoms with Crippen molar-refractivity contribution in [3.05, 3.63) is 226 Å². The maximum atomic E-state index is 3.86. The van der Waals surface area contributed by atoms with E-state index in [1.54, 1.807) is 0 Å². The highest BCUT2D eigenvalue weighted by Crippen LogP contribution is 2.43. The van der Waals surface area contributed by atoms with Crippen LogP contribution in [0.25, 0.3) is 40.3 Å². The number of allylic oxidation sites excluding steroid dienone is 4. The summed E-state index contributed by atoms with van der Waals surface area (Å²) in [5.41, 5.74) is 16.9. The maximum Gasteiger partial charge on any atom is 0.0707 e. The highest BCUT2D eigenvalue weighted by atomic mass is 15.0. The normalized spacial score (nSPS) is 21.1. The molecule has 4 heterocycles. The van der Waals surface area contributed by atoms with E-state index >= 15 is 0 Å². The molecule has 6 aromatic rings. The van der Waals surface area contributed by atoms with E-state index in [2.05, 4.69) is 215 Å². The van der Waals surface area contributed by atoms with Gasteiger partial charge in [0.2, 0.25) is 0 Å². The molecular weight excluding hydrogens is 681 g/mol.